The number of carbonyl (C=O) groups is 2. The van der Waals surface area contributed by atoms with E-state index in [0.29, 0.717) is 24.3 Å². The van der Waals surface area contributed by atoms with Gasteiger partial charge in [-0.15, -0.1) is 0 Å². The van der Waals surface area contributed by atoms with Gasteiger partial charge in [0.2, 0.25) is 0 Å². The standard InChI is InChI=1S/C20H20N2O4/c1-20-11-16(15-10-14(18(23)25-2)8-9-17(15)26-20)21-19(24)22(20)12-13-6-4-3-5-7-13/h3-10,16H,11-12H2,1-2H3,(H,21,24)/t16-,20-/m0/s1. The molecule has 0 saturated carbocycles. The van der Waals surface area contributed by atoms with Crippen molar-refractivity contribution in [2.75, 3.05) is 7.11 Å². The first kappa shape index (κ1) is 16.4. The van der Waals surface area contributed by atoms with Crippen LogP contribution < -0.4 is 10.1 Å². The van der Waals surface area contributed by atoms with Crippen LogP contribution in [0.15, 0.2) is 48.5 Å². The third-order valence-corrected chi connectivity index (χ3v) is 5.02. The smallest absolute Gasteiger partial charge is 0.337 e. The Hall–Kier alpha value is -3.02. The monoisotopic (exact) mass is 352 g/mol. The summed E-state index contributed by atoms with van der Waals surface area (Å²) in [5.41, 5.74) is 1.54. The lowest BCUT2D eigenvalue weighted by atomic mass is 9.89. The first-order chi connectivity index (χ1) is 12.5. The van der Waals surface area contributed by atoms with Gasteiger partial charge in [0.15, 0.2) is 5.72 Å². The van der Waals surface area contributed by atoms with Crippen molar-refractivity contribution in [2.24, 2.45) is 0 Å². The van der Waals surface area contributed by atoms with Gasteiger partial charge in [-0.05, 0) is 30.7 Å². The lowest BCUT2D eigenvalue weighted by Crippen LogP contribution is -2.64. The Morgan fingerprint density at radius 1 is 1.31 bits per heavy atom. The third kappa shape index (κ3) is 2.67. The van der Waals surface area contributed by atoms with E-state index >= 15 is 0 Å². The Morgan fingerprint density at radius 3 is 2.81 bits per heavy atom. The molecule has 6 heteroatoms. The van der Waals surface area contributed by atoms with E-state index in [1.165, 1.54) is 7.11 Å². The first-order valence-corrected chi connectivity index (χ1v) is 8.53. The van der Waals surface area contributed by atoms with Crippen molar-refractivity contribution in [1.29, 1.82) is 0 Å². The zero-order chi connectivity index (χ0) is 18.3. The first-order valence-electron chi connectivity index (χ1n) is 8.53. The number of urea groups is 1. The fourth-order valence-electron chi connectivity index (χ4n) is 3.67. The normalized spacial score (nSPS) is 23.5. The minimum absolute atomic E-state index is 0.179. The van der Waals surface area contributed by atoms with E-state index in [-0.39, 0.29) is 12.1 Å². The Morgan fingerprint density at radius 2 is 2.08 bits per heavy atom. The summed E-state index contributed by atoms with van der Waals surface area (Å²) in [4.78, 5) is 26.3. The summed E-state index contributed by atoms with van der Waals surface area (Å²) in [5, 5.41) is 3.04. The Balaban J connectivity index is 1.67. The molecule has 2 amide bonds. The number of esters is 1. The molecule has 2 aromatic carbocycles. The number of hydrogen-bond acceptors (Lipinski definition) is 4. The molecule has 134 valence electrons. The van der Waals surface area contributed by atoms with Crippen molar-refractivity contribution < 1.29 is 19.1 Å². The largest absolute Gasteiger partial charge is 0.468 e. The van der Waals surface area contributed by atoms with E-state index in [4.69, 9.17) is 9.47 Å². The van der Waals surface area contributed by atoms with E-state index in [1.54, 1.807) is 23.1 Å². The molecule has 0 aromatic heterocycles. The SMILES string of the molecule is COC(=O)c1ccc2c(c1)[C@@H]1C[C@](C)(O2)N(Cc2ccccc2)C(=O)N1. The number of nitrogens with zero attached hydrogens (tertiary/aromatic N) is 1. The summed E-state index contributed by atoms with van der Waals surface area (Å²) < 4.78 is 11.0. The summed E-state index contributed by atoms with van der Waals surface area (Å²) in [6, 6.07) is 14.6. The van der Waals surface area contributed by atoms with Crippen LogP contribution in [0.1, 0.15) is 40.9 Å². The number of nitrogens with one attached hydrogen (secondary N) is 1. The maximum atomic E-state index is 12.7. The van der Waals surface area contributed by atoms with Crippen LogP contribution in [0.4, 0.5) is 4.79 Å². The quantitative estimate of drug-likeness (QED) is 0.861. The zero-order valence-corrected chi connectivity index (χ0v) is 14.7. The average molecular weight is 352 g/mol. The third-order valence-electron chi connectivity index (χ3n) is 5.02. The predicted molar refractivity (Wildman–Crippen MR) is 94.7 cm³/mol. The van der Waals surface area contributed by atoms with E-state index in [2.05, 4.69) is 5.32 Å². The minimum atomic E-state index is -0.747. The van der Waals surface area contributed by atoms with Gasteiger partial charge in [-0.25, -0.2) is 9.59 Å². The number of hydrogen-bond donors (Lipinski definition) is 1. The predicted octanol–water partition coefficient (Wildman–Crippen LogP) is 3.24. The summed E-state index contributed by atoms with van der Waals surface area (Å²) in [5.74, 6) is 0.267. The van der Waals surface area contributed by atoms with Gasteiger partial charge in [-0.2, -0.15) is 0 Å². The van der Waals surface area contributed by atoms with Crippen LogP contribution in [0, 0.1) is 0 Å². The summed E-state index contributed by atoms with van der Waals surface area (Å²) in [6.07, 6.45) is 0.600. The second-order valence-corrected chi connectivity index (χ2v) is 6.80. The van der Waals surface area contributed by atoms with Gasteiger partial charge in [0.1, 0.15) is 5.75 Å². The Bertz CT molecular complexity index is 867. The van der Waals surface area contributed by atoms with E-state index in [9.17, 15) is 9.59 Å². The number of amides is 2. The van der Waals surface area contributed by atoms with Crippen molar-refractivity contribution in [3.63, 3.8) is 0 Å². The van der Waals surface area contributed by atoms with Gasteiger partial charge in [-0.3, -0.25) is 4.90 Å². The highest BCUT2D eigenvalue weighted by Crippen LogP contribution is 2.44. The fraction of sp³-hybridized carbons (Fsp3) is 0.300. The number of fused-ring (bicyclic) bond motifs is 4. The Labute approximate surface area is 151 Å². The van der Waals surface area contributed by atoms with Crippen LogP contribution in [-0.2, 0) is 11.3 Å². The number of rotatable bonds is 3. The molecule has 1 N–H and O–H groups in total. The molecule has 0 radical (unpaired) electrons. The average Bonchev–Trinajstić information content (AvgIpc) is 2.65. The molecule has 0 aliphatic carbocycles. The molecule has 2 heterocycles. The van der Waals surface area contributed by atoms with Gasteiger partial charge in [0.25, 0.3) is 0 Å². The highest BCUT2D eigenvalue weighted by atomic mass is 16.5. The molecule has 1 fully saturated rings. The minimum Gasteiger partial charge on any atom is -0.468 e. The van der Waals surface area contributed by atoms with E-state index in [0.717, 1.165) is 11.1 Å². The second kappa shape index (κ2) is 6.05. The molecule has 2 bridgehead atoms. The number of carbonyl (C=O) groups excluding carboxylic acids is 2. The zero-order valence-electron chi connectivity index (χ0n) is 14.7. The topological polar surface area (TPSA) is 67.9 Å². The lowest BCUT2D eigenvalue weighted by molar-refractivity contribution is -0.0879. The number of ether oxygens (including phenoxy) is 2. The van der Waals surface area contributed by atoms with Crippen LogP contribution in [-0.4, -0.2) is 29.7 Å². The van der Waals surface area contributed by atoms with Crippen molar-refractivity contribution in [1.82, 2.24) is 10.2 Å². The van der Waals surface area contributed by atoms with Gasteiger partial charge in [-0.1, -0.05) is 30.3 Å². The summed E-state index contributed by atoms with van der Waals surface area (Å²) in [6.45, 7) is 2.39. The molecule has 2 aromatic rings. The Kier molecular flexibility index (Phi) is 3.83. The fourth-order valence-corrected chi connectivity index (χ4v) is 3.67. The molecule has 2 atom stereocenters. The number of benzene rings is 2. The van der Waals surface area contributed by atoms with Gasteiger partial charge < -0.3 is 14.8 Å². The van der Waals surface area contributed by atoms with Crippen molar-refractivity contribution >= 4 is 12.0 Å². The molecule has 1 saturated heterocycles. The molecular weight excluding hydrogens is 332 g/mol. The molecule has 0 unspecified atom stereocenters. The molecule has 0 spiro atoms. The van der Waals surface area contributed by atoms with Gasteiger partial charge in [0.05, 0.1) is 25.3 Å². The molecule has 26 heavy (non-hydrogen) atoms. The van der Waals surface area contributed by atoms with E-state index in [1.807, 2.05) is 37.3 Å². The maximum absolute atomic E-state index is 12.7. The number of methoxy groups -OCH3 is 1. The molecule has 2 aliphatic rings. The van der Waals surface area contributed by atoms with Crippen molar-refractivity contribution in [3.8, 4) is 5.75 Å². The van der Waals surface area contributed by atoms with Crippen LogP contribution in [0.25, 0.3) is 0 Å². The van der Waals surface area contributed by atoms with Crippen LogP contribution in [0.5, 0.6) is 5.75 Å². The second-order valence-electron chi connectivity index (χ2n) is 6.80. The summed E-state index contributed by atoms with van der Waals surface area (Å²) in [7, 11) is 1.35. The lowest BCUT2D eigenvalue weighted by Gasteiger charge is -2.50. The highest BCUT2D eigenvalue weighted by molar-refractivity contribution is 5.90. The molecule has 6 nitrogen and oxygen atoms in total. The van der Waals surface area contributed by atoms with E-state index < -0.39 is 11.7 Å². The van der Waals surface area contributed by atoms with Crippen LogP contribution in [0.2, 0.25) is 0 Å². The molecular formula is C20H20N2O4. The van der Waals surface area contributed by atoms with Crippen LogP contribution in [0.3, 0.4) is 0 Å². The van der Waals surface area contributed by atoms with Gasteiger partial charge in [0, 0.05) is 12.0 Å². The highest BCUT2D eigenvalue weighted by Gasteiger charge is 2.49. The van der Waals surface area contributed by atoms with Crippen LogP contribution >= 0.6 is 0 Å². The van der Waals surface area contributed by atoms with Crippen molar-refractivity contribution in [2.45, 2.75) is 31.7 Å². The van der Waals surface area contributed by atoms with Gasteiger partial charge >= 0.3 is 12.0 Å². The molecule has 4 rings (SSSR count). The maximum Gasteiger partial charge on any atom is 0.337 e. The van der Waals surface area contributed by atoms with Crippen molar-refractivity contribution in [3.05, 3.63) is 65.2 Å². The molecule has 2 aliphatic heterocycles. The summed E-state index contributed by atoms with van der Waals surface area (Å²) >= 11 is 0.